The van der Waals surface area contributed by atoms with Crippen LogP contribution >= 0.6 is 0 Å². The number of carbonyl (C=O) groups excluding carboxylic acids is 1. The molecule has 1 heterocycles. The summed E-state index contributed by atoms with van der Waals surface area (Å²) < 4.78 is 5.46. The van der Waals surface area contributed by atoms with Crippen molar-refractivity contribution in [2.45, 2.75) is 6.92 Å². The van der Waals surface area contributed by atoms with E-state index in [1.807, 2.05) is 36.1 Å². The van der Waals surface area contributed by atoms with Gasteiger partial charge in [0.25, 0.3) is 5.91 Å². The first kappa shape index (κ1) is 11.9. The van der Waals surface area contributed by atoms with Crippen molar-refractivity contribution >= 4 is 5.91 Å². The lowest BCUT2D eigenvalue weighted by atomic mass is 10.2. The van der Waals surface area contributed by atoms with Gasteiger partial charge < -0.3 is 15.0 Å². The summed E-state index contributed by atoms with van der Waals surface area (Å²) in [5.74, 6) is 0.811. The summed E-state index contributed by atoms with van der Waals surface area (Å²) in [4.78, 5) is 13.6. The number of piperazine rings is 1. The molecule has 0 aromatic heterocycles. The highest BCUT2D eigenvalue weighted by Gasteiger charge is 2.16. The van der Waals surface area contributed by atoms with E-state index < -0.39 is 0 Å². The SMILES string of the molecule is Cc1ccc(OCC(=O)N2CCNCC2)cc1. The van der Waals surface area contributed by atoms with Gasteiger partial charge in [-0.15, -0.1) is 0 Å². The molecule has 1 N–H and O–H groups in total. The van der Waals surface area contributed by atoms with Crippen LogP contribution in [0.4, 0.5) is 0 Å². The van der Waals surface area contributed by atoms with Crippen LogP contribution in [0, 0.1) is 6.92 Å². The smallest absolute Gasteiger partial charge is 0.260 e. The molecular weight excluding hydrogens is 216 g/mol. The van der Waals surface area contributed by atoms with Crippen LogP contribution in [-0.2, 0) is 4.79 Å². The Balaban J connectivity index is 1.81. The highest BCUT2D eigenvalue weighted by molar-refractivity contribution is 5.77. The largest absolute Gasteiger partial charge is 0.484 e. The molecule has 1 aromatic carbocycles. The van der Waals surface area contributed by atoms with Crippen molar-refractivity contribution in [1.82, 2.24) is 10.2 Å². The molecule has 0 aliphatic carbocycles. The first-order chi connectivity index (χ1) is 8.25. The van der Waals surface area contributed by atoms with E-state index in [9.17, 15) is 4.79 Å². The quantitative estimate of drug-likeness (QED) is 0.841. The summed E-state index contributed by atoms with van der Waals surface area (Å²) >= 11 is 0. The summed E-state index contributed by atoms with van der Waals surface area (Å²) in [6.07, 6.45) is 0. The van der Waals surface area contributed by atoms with E-state index >= 15 is 0 Å². The summed E-state index contributed by atoms with van der Waals surface area (Å²) in [5, 5.41) is 3.21. The molecule has 1 fully saturated rings. The molecule has 1 aromatic rings. The number of rotatable bonds is 3. The van der Waals surface area contributed by atoms with Gasteiger partial charge in [0, 0.05) is 26.2 Å². The zero-order valence-electron chi connectivity index (χ0n) is 10.1. The topological polar surface area (TPSA) is 41.6 Å². The molecule has 0 radical (unpaired) electrons. The normalized spacial score (nSPS) is 15.7. The molecule has 17 heavy (non-hydrogen) atoms. The second-order valence-electron chi connectivity index (χ2n) is 4.23. The van der Waals surface area contributed by atoms with Gasteiger partial charge >= 0.3 is 0 Å². The number of ether oxygens (including phenoxy) is 1. The predicted octanol–water partition coefficient (Wildman–Crippen LogP) is 0.806. The number of amides is 1. The summed E-state index contributed by atoms with van der Waals surface area (Å²) in [7, 11) is 0. The minimum absolute atomic E-state index is 0.0621. The van der Waals surface area contributed by atoms with Crippen LogP contribution in [0.1, 0.15) is 5.56 Å². The second kappa shape index (κ2) is 5.68. The average molecular weight is 234 g/mol. The number of nitrogens with one attached hydrogen (secondary N) is 1. The Morgan fingerprint density at radius 1 is 1.29 bits per heavy atom. The van der Waals surface area contributed by atoms with Crippen molar-refractivity contribution in [1.29, 1.82) is 0 Å². The van der Waals surface area contributed by atoms with Crippen LogP contribution in [0.15, 0.2) is 24.3 Å². The zero-order valence-corrected chi connectivity index (χ0v) is 10.1. The zero-order chi connectivity index (χ0) is 12.1. The van der Waals surface area contributed by atoms with Crippen molar-refractivity contribution in [3.8, 4) is 5.75 Å². The molecule has 92 valence electrons. The van der Waals surface area contributed by atoms with Gasteiger partial charge in [0.2, 0.25) is 0 Å². The molecule has 0 atom stereocenters. The van der Waals surface area contributed by atoms with Gasteiger partial charge in [0.15, 0.2) is 6.61 Å². The average Bonchev–Trinajstić information content (AvgIpc) is 2.39. The van der Waals surface area contributed by atoms with Crippen LogP contribution in [0.25, 0.3) is 0 Å². The van der Waals surface area contributed by atoms with E-state index in [0.29, 0.717) is 0 Å². The maximum Gasteiger partial charge on any atom is 0.260 e. The lowest BCUT2D eigenvalue weighted by Gasteiger charge is -2.27. The second-order valence-corrected chi connectivity index (χ2v) is 4.23. The van der Waals surface area contributed by atoms with Crippen molar-refractivity contribution in [2.24, 2.45) is 0 Å². The summed E-state index contributed by atoms with van der Waals surface area (Å²) in [6, 6.07) is 7.73. The van der Waals surface area contributed by atoms with Gasteiger partial charge in [0.05, 0.1) is 0 Å². The third-order valence-corrected chi connectivity index (χ3v) is 2.85. The van der Waals surface area contributed by atoms with Gasteiger partial charge in [-0.3, -0.25) is 4.79 Å². The van der Waals surface area contributed by atoms with E-state index in [0.717, 1.165) is 31.9 Å². The Labute approximate surface area is 102 Å². The minimum atomic E-state index is 0.0621. The van der Waals surface area contributed by atoms with Crippen LogP contribution in [0.5, 0.6) is 5.75 Å². The van der Waals surface area contributed by atoms with Crippen LogP contribution in [0.2, 0.25) is 0 Å². The fourth-order valence-electron chi connectivity index (χ4n) is 1.79. The van der Waals surface area contributed by atoms with Gasteiger partial charge in [0.1, 0.15) is 5.75 Å². The van der Waals surface area contributed by atoms with Crippen LogP contribution in [-0.4, -0.2) is 43.6 Å². The molecule has 2 rings (SSSR count). The fraction of sp³-hybridized carbons (Fsp3) is 0.462. The van der Waals surface area contributed by atoms with Gasteiger partial charge in [-0.2, -0.15) is 0 Å². The molecule has 1 saturated heterocycles. The van der Waals surface area contributed by atoms with Crippen molar-refractivity contribution in [3.63, 3.8) is 0 Å². The number of hydrogen-bond acceptors (Lipinski definition) is 3. The Bertz CT molecular complexity index is 370. The maximum atomic E-state index is 11.8. The standard InChI is InChI=1S/C13H18N2O2/c1-11-2-4-12(5-3-11)17-10-13(16)15-8-6-14-7-9-15/h2-5,14H,6-10H2,1H3. The van der Waals surface area contributed by atoms with Gasteiger partial charge in [-0.25, -0.2) is 0 Å². The van der Waals surface area contributed by atoms with Gasteiger partial charge in [-0.1, -0.05) is 17.7 Å². The minimum Gasteiger partial charge on any atom is -0.484 e. The Morgan fingerprint density at radius 3 is 2.59 bits per heavy atom. The van der Waals surface area contributed by atoms with E-state index in [1.54, 1.807) is 0 Å². The summed E-state index contributed by atoms with van der Waals surface area (Å²) in [6.45, 7) is 5.44. The monoisotopic (exact) mass is 234 g/mol. The molecule has 4 nitrogen and oxygen atoms in total. The summed E-state index contributed by atoms with van der Waals surface area (Å²) in [5.41, 5.74) is 1.19. The predicted molar refractivity (Wildman–Crippen MR) is 66.1 cm³/mol. The molecule has 0 spiro atoms. The van der Waals surface area contributed by atoms with Crippen molar-refractivity contribution in [3.05, 3.63) is 29.8 Å². The Hall–Kier alpha value is -1.55. The molecule has 0 bridgehead atoms. The number of carbonyl (C=O) groups is 1. The van der Waals surface area contributed by atoms with E-state index in [-0.39, 0.29) is 12.5 Å². The van der Waals surface area contributed by atoms with E-state index in [2.05, 4.69) is 5.32 Å². The Morgan fingerprint density at radius 2 is 1.94 bits per heavy atom. The fourth-order valence-corrected chi connectivity index (χ4v) is 1.79. The van der Waals surface area contributed by atoms with E-state index in [1.165, 1.54) is 5.56 Å². The third-order valence-electron chi connectivity index (χ3n) is 2.85. The Kier molecular flexibility index (Phi) is 3.98. The number of nitrogens with zero attached hydrogens (tertiary/aromatic N) is 1. The van der Waals surface area contributed by atoms with Crippen LogP contribution in [0.3, 0.4) is 0 Å². The number of aryl methyl sites for hydroxylation is 1. The van der Waals surface area contributed by atoms with Gasteiger partial charge in [-0.05, 0) is 19.1 Å². The number of hydrogen-bond donors (Lipinski definition) is 1. The molecule has 1 amide bonds. The lowest BCUT2D eigenvalue weighted by Crippen LogP contribution is -2.47. The van der Waals surface area contributed by atoms with Crippen molar-refractivity contribution < 1.29 is 9.53 Å². The molecular formula is C13H18N2O2. The third kappa shape index (κ3) is 3.46. The first-order valence-corrected chi connectivity index (χ1v) is 5.94. The highest BCUT2D eigenvalue weighted by atomic mass is 16.5. The highest BCUT2D eigenvalue weighted by Crippen LogP contribution is 2.11. The molecule has 0 saturated carbocycles. The van der Waals surface area contributed by atoms with Crippen molar-refractivity contribution in [2.75, 3.05) is 32.8 Å². The molecule has 1 aliphatic rings. The number of benzene rings is 1. The first-order valence-electron chi connectivity index (χ1n) is 5.94. The van der Waals surface area contributed by atoms with Crippen LogP contribution < -0.4 is 10.1 Å². The molecule has 4 heteroatoms. The molecule has 0 unspecified atom stereocenters. The lowest BCUT2D eigenvalue weighted by molar-refractivity contribution is -0.133. The van der Waals surface area contributed by atoms with E-state index in [4.69, 9.17) is 4.74 Å². The maximum absolute atomic E-state index is 11.8. The molecule has 1 aliphatic heterocycles.